The zero-order chi connectivity index (χ0) is 10.5. The van der Waals surface area contributed by atoms with Gasteiger partial charge >= 0.3 is 12.1 Å². The van der Waals surface area contributed by atoms with Gasteiger partial charge in [-0.25, -0.2) is 0 Å². The van der Waals surface area contributed by atoms with Crippen LogP contribution >= 0.6 is 0 Å². The number of halogens is 3. The molecule has 7 heteroatoms. The lowest BCUT2D eigenvalue weighted by molar-refractivity contribution is -0.175. The van der Waals surface area contributed by atoms with Crippen molar-refractivity contribution in [2.24, 2.45) is 0 Å². The number of carbonyl (C=O) groups is 1. The van der Waals surface area contributed by atoms with Crippen LogP contribution in [0.4, 0.5) is 13.2 Å². The van der Waals surface area contributed by atoms with Crippen LogP contribution in [0.15, 0.2) is 0 Å². The predicted octanol–water partition coefficient (Wildman–Crippen LogP) is -0.328. The highest BCUT2D eigenvalue weighted by Crippen LogP contribution is 2.14. The molecule has 2 N–H and O–H groups in total. The van der Waals surface area contributed by atoms with Gasteiger partial charge < -0.3 is 15.2 Å². The summed E-state index contributed by atoms with van der Waals surface area (Å²) in [5, 5.41) is 10.1. The highest BCUT2D eigenvalue weighted by Gasteiger charge is 2.39. The number of rotatable bonds is 4. The van der Waals surface area contributed by atoms with Gasteiger partial charge in [0.1, 0.15) is 0 Å². The van der Waals surface area contributed by atoms with Crippen molar-refractivity contribution in [3.63, 3.8) is 0 Å². The Kier molecular flexibility index (Phi) is 4.71. The molecule has 0 aliphatic rings. The summed E-state index contributed by atoms with van der Waals surface area (Å²) >= 11 is 0. The van der Waals surface area contributed by atoms with Crippen LogP contribution in [0.5, 0.6) is 0 Å². The van der Waals surface area contributed by atoms with Crippen LogP contribution in [0.1, 0.15) is 0 Å². The van der Waals surface area contributed by atoms with Gasteiger partial charge in [0.15, 0.2) is 0 Å². The minimum Gasteiger partial charge on any atom is -0.394 e. The van der Waals surface area contributed by atoms with Gasteiger partial charge in [-0.1, -0.05) is 0 Å². The van der Waals surface area contributed by atoms with Gasteiger partial charge in [0, 0.05) is 7.11 Å². The average Bonchev–Trinajstić information content (AvgIpc) is 2.01. The maximum atomic E-state index is 11.7. The van der Waals surface area contributed by atoms with Crippen molar-refractivity contribution in [3.8, 4) is 0 Å². The fraction of sp³-hybridized carbons (Fsp3) is 0.833. The van der Waals surface area contributed by atoms with Crippen LogP contribution in [-0.2, 0) is 9.53 Å². The van der Waals surface area contributed by atoms with E-state index in [1.165, 1.54) is 7.11 Å². The van der Waals surface area contributed by atoms with Crippen molar-refractivity contribution in [1.29, 1.82) is 0 Å². The molecule has 0 spiro atoms. The molecule has 0 rings (SSSR count). The molecule has 13 heavy (non-hydrogen) atoms. The minimum atomic E-state index is -4.93. The highest BCUT2D eigenvalue weighted by atomic mass is 19.4. The molecule has 0 saturated carbocycles. The number of methoxy groups -OCH3 is 1. The Hall–Kier alpha value is -0.820. The second kappa shape index (κ2) is 5.03. The number of hydrogen-bond acceptors (Lipinski definition) is 3. The van der Waals surface area contributed by atoms with Gasteiger partial charge in [0.2, 0.25) is 0 Å². The Morgan fingerprint density at radius 2 is 2.15 bits per heavy atom. The first kappa shape index (κ1) is 12.2. The van der Waals surface area contributed by atoms with Crippen molar-refractivity contribution in [2.75, 3.05) is 20.3 Å². The van der Waals surface area contributed by atoms with Crippen LogP contribution in [0.2, 0.25) is 0 Å². The van der Waals surface area contributed by atoms with Crippen LogP contribution in [0.3, 0.4) is 0 Å². The molecule has 0 aromatic rings. The van der Waals surface area contributed by atoms with E-state index in [0.717, 1.165) is 0 Å². The molecule has 1 amide bonds. The van der Waals surface area contributed by atoms with E-state index in [9.17, 15) is 18.0 Å². The van der Waals surface area contributed by atoms with Gasteiger partial charge in [-0.15, -0.1) is 0 Å². The van der Waals surface area contributed by atoms with E-state index >= 15 is 0 Å². The molecule has 0 aromatic heterocycles. The number of ether oxygens (including phenoxy) is 1. The molecule has 0 aliphatic heterocycles. The first-order valence-corrected chi connectivity index (χ1v) is 3.39. The van der Waals surface area contributed by atoms with E-state index in [-0.39, 0.29) is 6.61 Å². The Morgan fingerprint density at radius 3 is 2.46 bits per heavy atom. The third kappa shape index (κ3) is 4.69. The van der Waals surface area contributed by atoms with Gasteiger partial charge in [0.05, 0.1) is 19.3 Å². The molecule has 0 aliphatic carbocycles. The van der Waals surface area contributed by atoms with E-state index in [0.29, 0.717) is 0 Å². The molecular formula is C6H10F3NO3. The summed E-state index contributed by atoms with van der Waals surface area (Å²) in [6.07, 6.45) is -4.93. The Labute approximate surface area is 72.7 Å². The molecule has 0 bridgehead atoms. The quantitative estimate of drug-likeness (QED) is 0.655. The van der Waals surface area contributed by atoms with Crippen molar-refractivity contribution in [3.05, 3.63) is 0 Å². The van der Waals surface area contributed by atoms with Gasteiger partial charge in [0.25, 0.3) is 0 Å². The number of aliphatic hydroxyl groups is 1. The SMILES string of the molecule is COC[C@H](CO)NC(=O)C(F)(F)F. The summed E-state index contributed by atoms with van der Waals surface area (Å²) in [6.45, 7) is -0.770. The summed E-state index contributed by atoms with van der Waals surface area (Å²) in [7, 11) is 1.25. The number of nitrogens with one attached hydrogen (secondary N) is 1. The number of hydrogen-bond donors (Lipinski definition) is 2. The fourth-order valence-corrected chi connectivity index (χ4v) is 0.608. The van der Waals surface area contributed by atoms with Crippen LogP contribution in [0, 0.1) is 0 Å². The topological polar surface area (TPSA) is 58.6 Å². The van der Waals surface area contributed by atoms with Crippen molar-refractivity contribution < 1.29 is 27.8 Å². The standard InChI is InChI=1S/C6H10F3NO3/c1-13-3-4(2-11)10-5(12)6(7,8)9/h4,11H,2-3H2,1H3,(H,10,12)/t4-/m0/s1. The second-order valence-corrected chi connectivity index (χ2v) is 2.31. The van der Waals surface area contributed by atoms with Crippen molar-refractivity contribution in [1.82, 2.24) is 5.32 Å². The summed E-state index contributed by atoms with van der Waals surface area (Å²) < 4.78 is 39.4. The van der Waals surface area contributed by atoms with Crippen molar-refractivity contribution in [2.45, 2.75) is 12.2 Å². The van der Waals surface area contributed by atoms with Crippen LogP contribution in [-0.4, -0.2) is 43.6 Å². The Morgan fingerprint density at radius 1 is 1.62 bits per heavy atom. The summed E-state index contributed by atoms with van der Waals surface area (Å²) in [5.74, 6) is -2.08. The average molecular weight is 201 g/mol. The van der Waals surface area contributed by atoms with E-state index < -0.39 is 24.7 Å². The predicted molar refractivity (Wildman–Crippen MR) is 36.9 cm³/mol. The lowest BCUT2D eigenvalue weighted by Crippen LogP contribution is -2.46. The maximum Gasteiger partial charge on any atom is 0.471 e. The second-order valence-electron chi connectivity index (χ2n) is 2.31. The van der Waals surface area contributed by atoms with Crippen LogP contribution in [0.25, 0.3) is 0 Å². The summed E-state index contributed by atoms with van der Waals surface area (Å²) in [5.41, 5.74) is 0. The molecule has 0 radical (unpaired) electrons. The largest absolute Gasteiger partial charge is 0.471 e. The lowest BCUT2D eigenvalue weighted by atomic mass is 10.3. The lowest BCUT2D eigenvalue weighted by Gasteiger charge is -2.15. The number of aliphatic hydroxyl groups excluding tert-OH is 1. The van der Waals surface area contributed by atoms with Crippen LogP contribution < -0.4 is 5.32 Å². The third-order valence-corrected chi connectivity index (χ3v) is 1.18. The van der Waals surface area contributed by atoms with Crippen molar-refractivity contribution >= 4 is 5.91 Å². The zero-order valence-electron chi connectivity index (χ0n) is 6.89. The number of amides is 1. The molecule has 0 fully saturated rings. The third-order valence-electron chi connectivity index (χ3n) is 1.18. The minimum absolute atomic E-state index is 0.168. The molecule has 4 nitrogen and oxygen atoms in total. The van der Waals surface area contributed by atoms with Gasteiger partial charge in [-0.05, 0) is 0 Å². The van der Waals surface area contributed by atoms with E-state index in [4.69, 9.17) is 5.11 Å². The number of carbonyl (C=O) groups excluding carboxylic acids is 1. The smallest absolute Gasteiger partial charge is 0.394 e. The molecular weight excluding hydrogens is 191 g/mol. The first-order valence-electron chi connectivity index (χ1n) is 3.39. The van der Waals surface area contributed by atoms with E-state index in [1.807, 2.05) is 0 Å². The van der Waals surface area contributed by atoms with E-state index in [1.54, 1.807) is 5.32 Å². The Bertz CT molecular complexity index is 171. The first-order chi connectivity index (χ1) is 5.91. The van der Waals surface area contributed by atoms with Gasteiger partial charge in [-0.3, -0.25) is 4.79 Å². The molecule has 78 valence electrons. The van der Waals surface area contributed by atoms with Gasteiger partial charge in [-0.2, -0.15) is 13.2 Å². The fourth-order valence-electron chi connectivity index (χ4n) is 0.608. The maximum absolute atomic E-state index is 11.7. The summed E-state index contributed by atoms with van der Waals surface area (Å²) in [6, 6.07) is -1.03. The number of alkyl halides is 3. The molecule has 0 aromatic carbocycles. The van der Waals surface area contributed by atoms with E-state index in [2.05, 4.69) is 4.74 Å². The Balaban J connectivity index is 4.01. The monoisotopic (exact) mass is 201 g/mol. The molecule has 0 saturated heterocycles. The highest BCUT2D eigenvalue weighted by molar-refractivity contribution is 5.81. The molecule has 0 unspecified atom stereocenters. The molecule has 1 atom stereocenters. The molecule has 0 heterocycles. The summed E-state index contributed by atoms with van der Waals surface area (Å²) in [4.78, 5) is 10.3. The normalized spacial score (nSPS) is 13.9. The zero-order valence-corrected chi connectivity index (χ0v) is 6.89.